The molecule has 0 aromatic heterocycles. The molecule has 0 saturated heterocycles. The minimum Gasteiger partial charge on any atom is -0.481 e. The van der Waals surface area contributed by atoms with E-state index in [-0.39, 0.29) is 12.2 Å². The first kappa shape index (κ1) is 7.59. The molecule has 5 heteroatoms. The molecule has 0 aliphatic carbocycles. The molecule has 0 saturated carbocycles. The van der Waals surface area contributed by atoms with Crippen molar-refractivity contribution in [3.63, 3.8) is 0 Å². The van der Waals surface area contributed by atoms with E-state index in [4.69, 9.17) is 10.2 Å². The van der Waals surface area contributed by atoms with Gasteiger partial charge in [0, 0.05) is 6.54 Å². The molecule has 0 aromatic carbocycles. The number of carboxylic acids is 2. The van der Waals surface area contributed by atoms with Crippen molar-refractivity contribution in [2.24, 2.45) is 5.92 Å². The molecule has 5 nitrogen and oxygen atoms in total. The fourth-order valence-electron chi connectivity index (χ4n) is 0.844. The van der Waals surface area contributed by atoms with Gasteiger partial charge >= 0.3 is 11.9 Å². The lowest BCUT2D eigenvalue weighted by Crippen LogP contribution is -2.20. The minimum atomic E-state index is -1.12. The molecule has 0 amide bonds. The Morgan fingerprint density at radius 2 is 2.18 bits per heavy atom. The van der Waals surface area contributed by atoms with Gasteiger partial charge in [0.15, 0.2) is 0 Å². The van der Waals surface area contributed by atoms with Gasteiger partial charge in [-0.05, 0) is 6.08 Å². The summed E-state index contributed by atoms with van der Waals surface area (Å²) in [7, 11) is 0. The Balaban J connectivity index is 2.68. The Morgan fingerprint density at radius 1 is 1.55 bits per heavy atom. The molecule has 1 atom stereocenters. The third-order valence-electron chi connectivity index (χ3n) is 1.43. The van der Waals surface area contributed by atoms with E-state index in [1.165, 1.54) is 6.08 Å². The highest BCUT2D eigenvalue weighted by Crippen LogP contribution is 2.09. The molecular formula is C6H7NO4. The van der Waals surface area contributed by atoms with Crippen LogP contribution in [0, 0.1) is 5.92 Å². The van der Waals surface area contributed by atoms with Crippen molar-refractivity contribution in [3.8, 4) is 0 Å². The molecule has 0 radical (unpaired) electrons. The van der Waals surface area contributed by atoms with Crippen molar-refractivity contribution < 1.29 is 19.8 Å². The van der Waals surface area contributed by atoms with Crippen LogP contribution < -0.4 is 5.32 Å². The maximum atomic E-state index is 10.3. The quantitative estimate of drug-likeness (QED) is 0.491. The van der Waals surface area contributed by atoms with Gasteiger partial charge in [0.25, 0.3) is 0 Å². The Labute approximate surface area is 62.3 Å². The smallest absolute Gasteiger partial charge is 0.351 e. The molecule has 1 aliphatic heterocycles. The van der Waals surface area contributed by atoms with Crippen molar-refractivity contribution >= 4 is 11.9 Å². The van der Waals surface area contributed by atoms with Crippen LogP contribution in [0.15, 0.2) is 11.8 Å². The van der Waals surface area contributed by atoms with Gasteiger partial charge in [-0.1, -0.05) is 0 Å². The van der Waals surface area contributed by atoms with E-state index in [1.54, 1.807) is 0 Å². The van der Waals surface area contributed by atoms with Crippen LogP contribution in [0.4, 0.5) is 0 Å². The Bertz CT molecular complexity index is 233. The van der Waals surface area contributed by atoms with Gasteiger partial charge in [0.2, 0.25) is 0 Å². The summed E-state index contributed by atoms with van der Waals surface area (Å²) in [5.41, 5.74) is -0.0302. The van der Waals surface area contributed by atoms with Crippen LogP contribution in [0.25, 0.3) is 0 Å². The fraction of sp³-hybridized carbons (Fsp3) is 0.333. The number of aliphatic carboxylic acids is 2. The average Bonchev–Trinajstić information content (AvgIpc) is 2.33. The first-order valence-corrected chi connectivity index (χ1v) is 3.03. The Kier molecular flexibility index (Phi) is 1.80. The van der Waals surface area contributed by atoms with Crippen molar-refractivity contribution in [1.82, 2.24) is 5.32 Å². The number of carbonyl (C=O) groups is 2. The fourth-order valence-corrected chi connectivity index (χ4v) is 0.844. The molecule has 1 rings (SSSR count). The summed E-state index contributed by atoms with van der Waals surface area (Å²) in [5, 5.41) is 19.3. The van der Waals surface area contributed by atoms with Crippen LogP contribution >= 0.6 is 0 Å². The second-order valence-electron chi connectivity index (χ2n) is 2.21. The molecular weight excluding hydrogens is 150 g/mol. The van der Waals surface area contributed by atoms with Crippen LogP contribution in [0.5, 0.6) is 0 Å². The molecule has 1 heterocycles. The second kappa shape index (κ2) is 2.61. The van der Waals surface area contributed by atoms with E-state index >= 15 is 0 Å². The van der Waals surface area contributed by atoms with Crippen LogP contribution in [0.1, 0.15) is 0 Å². The van der Waals surface area contributed by atoms with Gasteiger partial charge < -0.3 is 15.5 Å². The predicted octanol–water partition coefficient (Wildman–Crippen LogP) is -0.741. The molecule has 11 heavy (non-hydrogen) atoms. The third kappa shape index (κ3) is 1.49. The lowest BCUT2D eigenvalue weighted by molar-refractivity contribution is -0.139. The lowest BCUT2D eigenvalue weighted by atomic mass is 10.2. The molecule has 0 aromatic rings. The molecule has 3 N–H and O–H groups in total. The monoisotopic (exact) mass is 157 g/mol. The van der Waals surface area contributed by atoms with E-state index < -0.39 is 17.9 Å². The summed E-state index contributed by atoms with van der Waals surface area (Å²) in [4.78, 5) is 20.5. The summed E-state index contributed by atoms with van der Waals surface area (Å²) in [6, 6.07) is 0. The maximum absolute atomic E-state index is 10.3. The molecule has 0 bridgehead atoms. The standard InChI is InChI=1S/C6H7NO4/c8-5(9)3-1-4(6(10)11)7-2-3/h1,3,7H,2H2,(H,8,9)(H,10,11). The Hall–Kier alpha value is -1.52. The summed E-state index contributed by atoms with van der Waals surface area (Å²) in [6.07, 6.45) is 1.20. The number of rotatable bonds is 2. The van der Waals surface area contributed by atoms with Crippen molar-refractivity contribution in [1.29, 1.82) is 0 Å². The number of hydrogen-bond acceptors (Lipinski definition) is 3. The Morgan fingerprint density at radius 3 is 2.45 bits per heavy atom. The zero-order valence-corrected chi connectivity index (χ0v) is 5.57. The molecule has 0 fully saturated rings. The van der Waals surface area contributed by atoms with E-state index in [9.17, 15) is 9.59 Å². The molecule has 1 aliphatic rings. The van der Waals surface area contributed by atoms with E-state index in [0.29, 0.717) is 0 Å². The van der Waals surface area contributed by atoms with Crippen LogP contribution in [-0.2, 0) is 9.59 Å². The third-order valence-corrected chi connectivity index (χ3v) is 1.43. The normalized spacial score (nSPS) is 22.2. The summed E-state index contributed by atoms with van der Waals surface area (Å²) < 4.78 is 0. The van der Waals surface area contributed by atoms with Crippen LogP contribution in [-0.4, -0.2) is 28.7 Å². The first-order chi connectivity index (χ1) is 5.11. The number of nitrogens with one attached hydrogen (secondary N) is 1. The zero-order chi connectivity index (χ0) is 8.43. The molecule has 1 unspecified atom stereocenters. The highest BCUT2D eigenvalue weighted by atomic mass is 16.4. The number of carboxylic acid groups (broad SMARTS) is 2. The summed E-state index contributed by atoms with van der Waals surface area (Å²) >= 11 is 0. The predicted molar refractivity (Wildman–Crippen MR) is 34.8 cm³/mol. The van der Waals surface area contributed by atoms with Crippen LogP contribution in [0.3, 0.4) is 0 Å². The van der Waals surface area contributed by atoms with Crippen molar-refractivity contribution in [2.75, 3.05) is 6.54 Å². The first-order valence-electron chi connectivity index (χ1n) is 3.03. The second-order valence-corrected chi connectivity index (χ2v) is 2.21. The van der Waals surface area contributed by atoms with Gasteiger partial charge in [-0.3, -0.25) is 4.79 Å². The summed E-state index contributed by atoms with van der Waals surface area (Å²) in [5.74, 6) is -2.83. The highest BCUT2D eigenvalue weighted by Gasteiger charge is 2.24. The van der Waals surface area contributed by atoms with Crippen LogP contribution in [0.2, 0.25) is 0 Å². The van der Waals surface area contributed by atoms with Gasteiger partial charge in [0.05, 0.1) is 5.92 Å². The molecule has 60 valence electrons. The largest absolute Gasteiger partial charge is 0.481 e. The van der Waals surface area contributed by atoms with E-state index in [1.807, 2.05) is 0 Å². The maximum Gasteiger partial charge on any atom is 0.351 e. The topological polar surface area (TPSA) is 86.6 Å². The number of hydrogen-bond donors (Lipinski definition) is 3. The zero-order valence-electron chi connectivity index (χ0n) is 5.57. The van der Waals surface area contributed by atoms with Gasteiger partial charge in [-0.2, -0.15) is 0 Å². The van der Waals surface area contributed by atoms with Gasteiger partial charge in [-0.15, -0.1) is 0 Å². The van der Waals surface area contributed by atoms with Gasteiger partial charge in [0.1, 0.15) is 5.70 Å². The average molecular weight is 157 g/mol. The van der Waals surface area contributed by atoms with Crippen molar-refractivity contribution in [3.05, 3.63) is 11.8 Å². The van der Waals surface area contributed by atoms with E-state index in [2.05, 4.69) is 5.32 Å². The SMILES string of the molecule is O=C(O)C1=CC(C(=O)O)CN1. The van der Waals surface area contributed by atoms with Gasteiger partial charge in [-0.25, -0.2) is 4.79 Å². The summed E-state index contributed by atoms with van der Waals surface area (Å²) in [6.45, 7) is 0.164. The molecule has 0 spiro atoms. The highest BCUT2D eigenvalue weighted by molar-refractivity contribution is 5.88. The van der Waals surface area contributed by atoms with Crippen molar-refractivity contribution in [2.45, 2.75) is 0 Å². The van der Waals surface area contributed by atoms with E-state index in [0.717, 1.165) is 0 Å². The minimum absolute atomic E-state index is 0.0302. The lowest BCUT2D eigenvalue weighted by Gasteiger charge is -1.97.